The minimum absolute atomic E-state index is 0.191. The molecule has 0 atom stereocenters. The lowest BCUT2D eigenvalue weighted by Gasteiger charge is -2.12. The summed E-state index contributed by atoms with van der Waals surface area (Å²) in [5.41, 5.74) is 8.07. The average Bonchev–Trinajstić information content (AvgIpc) is 3.26. The minimum Gasteiger partial charge on any atom is -0.467 e. The largest absolute Gasteiger partial charge is 0.467 e. The standard InChI is InChI=1S/C21H21N5O4/c1-13-5-6-17-24-19-16(21(28)26(17)12-13)10-15(18(22)25(19)7-9-29-2)20(27)23-11-14-4-3-8-30-14/h3-6,8,10,12,22H,7,9,11H2,1-2H3,(H,23,27)/p+1. The first kappa shape index (κ1) is 19.6. The molecule has 0 aliphatic rings. The molecule has 0 fully saturated rings. The number of hydrogen-bond donors (Lipinski definition) is 2. The summed E-state index contributed by atoms with van der Waals surface area (Å²) >= 11 is 0. The van der Waals surface area contributed by atoms with Crippen LogP contribution in [0.3, 0.4) is 0 Å². The predicted molar refractivity (Wildman–Crippen MR) is 110 cm³/mol. The van der Waals surface area contributed by atoms with Gasteiger partial charge in [-0.25, -0.2) is 4.57 Å². The smallest absolute Gasteiger partial charge is 0.278 e. The van der Waals surface area contributed by atoms with Crippen molar-refractivity contribution in [3.05, 3.63) is 70.0 Å². The van der Waals surface area contributed by atoms with Crippen molar-refractivity contribution in [3.8, 4) is 0 Å². The molecule has 9 nitrogen and oxygen atoms in total. The number of nitrogens with one attached hydrogen (secondary N) is 1. The Morgan fingerprint density at radius 3 is 2.93 bits per heavy atom. The summed E-state index contributed by atoms with van der Waals surface area (Å²) < 4.78 is 13.5. The van der Waals surface area contributed by atoms with Gasteiger partial charge in [0.15, 0.2) is 0 Å². The number of fused-ring (bicyclic) bond motifs is 2. The van der Waals surface area contributed by atoms with Gasteiger partial charge in [0.05, 0.1) is 26.0 Å². The summed E-state index contributed by atoms with van der Waals surface area (Å²) in [4.78, 5) is 30.7. The fourth-order valence-corrected chi connectivity index (χ4v) is 3.32. The van der Waals surface area contributed by atoms with Crippen LogP contribution in [0.1, 0.15) is 21.7 Å². The maximum absolute atomic E-state index is 13.2. The van der Waals surface area contributed by atoms with E-state index in [1.165, 1.54) is 16.7 Å². The van der Waals surface area contributed by atoms with Gasteiger partial charge in [-0.15, -0.1) is 0 Å². The number of aromatic nitrogens is 3. The SMILES string of the molecule is COCC[n+]1c(N)c(C(=O)NCc2ccco2)cc2c(=O)n3cc(C)ccc3nc21. The number of methoxy groups -OCH3 is 1. The van der Waals surface area contributed by atoms with Crippen LogP contribution in [0.25, 0.3) is 16.7 Å². The molecule has 4 aromatic heterocycles. The van der Waals surface area contributed by atoms with Crippen molar-refractivity contribution in [1.82, 2.24) is 14.7 Å². The molecule has 0 bridgehead atoms. The third kappa shape index (κ3) is 3.50. The van der Waals surface area contributed by atoms with Crippen LogP contribution in [0, 0.1) is 6.92 Å². The van der Waals surface area contributed by atoms with Gasteiger partial charge in [-0.1, -0.05) is 11.1 Å². The molecule has 154 valence electrons. The number of nitrogens with two attached hydrogens (primary N) is 1. The number of furan rings is 1. The number of carbonyl (C=O) groups excluding carboxylic acids is 1. The molecular formula is C21H22N5O4+. The van der Waals surface area contributed by atoms with Gasteiger partial charge in [0.25, 0.3) is 17.1 Å². The summed E-state index contributed by atoms with van der Waals surface area (Å²) in [5.74, 6) is 0.406. The fourth-order valence-electron chi connectivity index (χ4n) is 3.32. The van der Waals surface area contributed by atoms with E-state index in [0.29, 0.717) is 35.6 Å². The lowest BCUT2D eigenvalue weighted by molar-refractivity contribution is -0.660. The number of amides is 1. The molecule has 4 rings (SSSR count). The predicted octanol–water partition coefficient (Wildman–Crippen LogP) is 1.20. The van der Waals surface area contributed by atoms with E-state index >= 15 is 0 Å². The van der Waals surface area contributed by atoms with Crippen molar-refractivity contribution in [3.63, 3.8) is 0 Å². The van der Waals surface area contributed by atoms with E-state index in [1.54, 1.807) is 36.1 Å². The van der Waals surface area contributed by atoms with Crippen LogP contribution >= 0.6 is 0 Å². The number of hydrogen-bond acceptors (Lipinski definition) is 6. The van der Waals surface area contributed by atoms with Crippen molar-refractivity contribution in [2.75, 3.05) is 19.5 Å². The van der Waals surface area contributed by atoms with E-state index in [0.717, 1.165) is 5.56 Å². The molecule has 3 N–H and O–H groups in total. The van der Waals surface area contributed by atoms with Crippen LogP contribution in [-0.4, -0.2) is 29.0 Å². The third-order valence-electron chi connectivity index (χ3n) is 4.86. The summed E-state index contributed by atoms with van der Waals surface area (Å²) in [6, 6.07) is 8.65. The number of aryl methyl sites for hydroxylation is 1. The second-order valence-electron chi connectivity index (χ2n) is 6.94. The molecule has 0 radical (unpaired) electrons. The van der Waals surface area contributed by atoms with Crippen LogP contribution in [0.15, 0.2) is 52.0 Å². The highest BCUT2D eigenvalue weighted by molar-refractivity contribution is 6.00. The molecule has 0 saturated carbocycles. The van der Waals surface area contributed by atoms with Gasteiger partial charge in [0, 0.05) is 13.3 Å². The Hall–Kier alpha value is -3.72. The Morgan fingerprint density at radius 1 is 1.37 bits per heavy atom. The summed E-state index contributed by atoms with van der Waals surface area (Å²) in [5, 5.41) is 3.07. The van der Waals surface area contributed by atoms with Crippen LogP contribution in [0.5, 0.6) is 0 Å². The molecule has 0 aromatic carbocycles. The number of anilines is 1. The summed E-state index contributed by atoms with van der Waals surface area (Å²) in [6.07, 6.45) is 3.25. The number of rotatable bonds is 6. The van der Waals surface area contributed by atoms with E-state index in [4.69, 9.17) is 14.9 Å². The second-order valence-corrected chi connectivity index (χ2v) is 6.94. The van der Waals surface area contributed by atoms with Crippen molar-refractivity contribution >= 4 is 28.4 Å². The van der Waals surface area contributed by atoms with E-state index in [-0.39, 0.29) is 23.5 Å². The Bertz CT molecular complexity index is 1290. The zero-order valence-electron chi connectivity index (χ0n) is 16.7. The van der Waals surface area contributed by atoms with Gasteiger partial charge in [0.2, 0.25) is 11.5 Å². The normalized spacial score (nSPS) is 11.3. The van der Waals surface area contributed by atoms with Crippen molar-refractivity contribution in [2.45, 2.75) is 20.0 Å². The molecule has 4 aromatic rings. The molecule has 4 heterocycles. The van der Waals surface area contributed by atoms with Gasteiger partial charge in [-0.2, -0.15) is 0 Å². The van der Waals surface area contributed by atoms with Crippen molar-refractivity contribution in [2.24, 2.45) is 0 Å². The molecule has 0 aliphatic heterocycles. The maximum atomic E-state index is 13.2. The lowest BCUT2D eigenvalue weighted by Crippen LogP contribution is -2.44. The zero-order chi connectivity index (χ0) is 21.3. The average molecular weight is 408 g/mol. The van der Waals surface area contributed by atoms with E-state index < -0.39 is 5.91 Å². The van der Waals surface area contributed by atoms with Crippen LogP contribution in [-0.2, 0) is 17.8 Å². The van der Waals surface area contributed by atoms with Gasteiger partial charge in [0.1, 0.15) is 16.7 Å². The number of carbonyl (C=O) groups is 1. The van der Waals surface area contributed by atoms with Crippen molar-refractivity contribution < 1.29 is 18.5 Å². The number of ether oxygens (including phenoxy) is 1. The van der Waals surface area contributed by atoms with E-state index in [2.05, 4.69) is 10.3 Å². The number of nitrogens with zero attached hydrogens (tertiary/aromatic N) is 3. The van der Waals surface area contributed by atoms with Crippen LogP contribution in [0.2, 0.25) is 0 Å². The zero-order valence-corrected chi connectivity index (χ0v) is 16.7. The molecular weight excluding hydrogens is 386 g/mol. The van der Waals surface area contributed by atoms with Gasteiger partial charge < -0.3 is 20.2 Å². The Labute approximate surface area is 171 Å². The summed E-state index contributed by atoms with van der Waals surface area (Å²) in [6.45, 7) is 2.78. The first-order valence-corrected chi connectivity index (χ1v) is 9.44. The Kier molecular flexibility index (Phi) is 5.20. The quantitative estimate of drug-likeness (QED) is 0.366. The van der Waals surface area contributed by atoms with Gasteiger partial charge >= 0.3 is 0 Å². The number of nitrogen functional groups attached to an aromatic ring is 1. The fraction of sp³-hybridized carbons (Fsp3) is 0.238. The lowest BCUT2D eigenvalue weighted by atomic mass is 10.1. The molecule has 0 saturated heterocycles. The van der Waals surface area contributed by atoms with Crippen molar-refractivity contribution in [1.29, 1.82) is 0 Å². The second kappa shape index (κ2) is 7.96. The molecule has 0 spiro atoms. The summed E-state index contributed by atoms with van der Waals surface area (Å²) in [7, 11) is 1.57. The topological polar surface area (TPSA) is 116 Å². The molecule has 9 heteroatoms. The Morgan fingerprint density at radius 2 is 2.20 bits per heavy atom. The van der Waals surface area contributed by atoms with Gasteiger partial charge in [-0.05, 0) is 36.8 Å². The monoisotopic (exact) mass is 408 g/mol. The minimum atomic E-state index is -0.411. The van der Waals surface area contributed by atoms with E-state index in [9.17, 15) is 9.59 Å². The van der Waals surface area contributed by atoms with Gasteiger partial charge in [-0.3, -0.25) is 14.0 Å². The first-order chi connectivity index (χ1) is 14.5. The molecule has 1 amide bonds. The molecule has 30 heavy (non-hydrogen) atoms. The first-order valence-electron chi connectivity index (χ1n) is 9.44. The number of pyridine rings is 2. The highest BCUT2D eigenvalue weighted by Crippen LogP contribution is 2.15. The van der Waals surface area contributed by atoms with E-state index in [1.807, 2.05) is 13.0 Å². The molecule has 0 aliphatic carbocycles. The highest BCUT2D eigenvalue weighted by atomic mass is 16.5. The molecule has 0 unspecified atom stereocenters. The van der Waals surface area contributed by atoms with Crippen LogP contribution < -0.4 is 21.2 Å². The van der Waals surface area contributed by atoms with Crippen LogP contribution in [0.4, 0.5) is 5.82 Å². The highest BCUT2D eigenvalue weighted by Gasteiger charge is 2.24. The Balaban J connectivity index is 1.88. The third-order valence-corrected chi connectivity index (χ3v) is 4.86. The maximum Gasteiger partial charge on any atom is 0.278 e.